The molecule has 0 aliphatic heterocycles. The summed E-state index contributed by atoms with van der Waals surface area (Å²) in [5, 5.41) is 9.23. The standard InChI is InChI=1S/C8H8ClNO2/c9-4-7(12)8-5(10)2-1-3-6(8)11/h1-3,11H,4,10H2. The zero-order valence-electron chi connectivity index (χ0n) is 6.25. The van der Waals surface area contributed by atoms with Crippen LogP contribution >= 0.6 is 11.6 Å². The Kier molecular flexibility index (Phi) is 2.55. The molecule has 0 spiro atoms. The van der Waals surface area contributed by atoms with E-state index in [1.807, 2.05) is 0 Å². The lowest BCUT2D eigenvalue weighted by Crippen LogP contribution is -2.04. The van der Waals surface area contributed by atoms with Crippen molar-refractivity contribution in [2.75, 3.05) is 11.6 Å². The van der Waals surface area contributed by atoms with Gasteiger partial charge in [0.15, 0.2) is 5.78 Å². The summed E-state index contributed by atoms with van der Waals surface area (Å²) in [5.74, 6) is -0.671. The molecule has 12 heavy (non-hydrogen) atoms. The lowest BCUT2D eigenvalue weighted by atomic mass is 10.1. The van der Waals surface area contributed by atoms with Crippen molar-refractivity contribution in [3.63, 3.8) is 0 Å². The van der Waals surface area contributed by atoms with Crippen LogP contribution in [0, 0.1) is 0 Å². The van der Waals surface area contributed by atoms with E-state index in [2.05, 4.69) is 0 Å². The van der Waals surface area contributed by atoms with E-state index in [0.717, 1.165) is 0 Å². The van der Waals surface area contributed by atoms with Gasteiger partial charge in [-0.3, -0.25) is 4.79 Å². The van der Waals surface area contributed by atoms with Crippen LogP contribution < -0.4 is 5.73 Å². The molecule has 4 heteroatoms. The van der Waals surface area contributed by atoms with Gasteiger partial charge in [-0.1, -0.05) is 6.07 Å². The average Bonchev–Trinajstić information content (AvgIpc) is 2.03. The quantitative estimate of drug-likeness (QED) is 0.416. The Bertz CT molecular complexity index is 292. The fourth-order valence-electron chi connectivity index (χ4n) is 0.928. The Morgan fingerprint density at radius 2 is 2.25 bits per heavy atom. The van der Waals surface area contributed by atoms with E-state index >= 15 is 0 Å². The molecule has 64 valence electrons. The normalized spacial score (nSPS) is 9.75. The summed E-state index contributed by atoms with van der Waals surface area (Å²) in [7, 11) is 0. The molecule has 0 fully saturated rings. The molecule has 0 aliphatic rings. The average molecular weight is 186 g/mol. The van der Waals surface area contributed by atoms with Gasteiger partial charge in [-0.05, 0) is 12.1 Å². The maximum absolute atomic E-state index is 11.1. The van der Waals surface area contributed by atoms with Crippen molar-refractivity contribution in [2.45, 2.75) is 0 Å². The highest BCUT2D eigenvalue weighted by Crippen LogP contribution is 2.23. The molecule has 1 aromatic rings. The van der Waals surface area contributed by atoms with Gasteiger partial charge in [-0.2, -0.15) is 0 Å². The number of hydrogen-bond donors (Lipinski definition) is 2. The van der Waals surface area contributed by atoms with E-state index in [1.54, 1.807) is 12.1 Å². The van der Waals surface area contributed by atoms with Crippen molar-refractivity contribution in [2.24, 2.45) is 0 Å². The number of ketones is 1. The minimum absolute atomic E-state index is 0.104. The highest BCUT2D eigenvalue weighted by atomic mass is 35.5. The van der Waals surface area contributed by atoms with Gasteiger partial charge in [0, 0.05) is 5.69 Å². The Hall–Kier alpha value is -1.22. The second kappa shape index (κ2) is 3.45. The molecule has 3 nitrogen and oxygen atoms in total. The number of carbonyl (C=O) groups excluding carboxylic acids is 1. The maximum Gasteiger partial charge on any atom is 0.183 e. The Labute approximate surface area is 74.8 Å². The van der Waals surface area contributed by atoms with Crippen molar-refractivity contribution in [1.82, 2.24) is 0 Å². The van der Waals surface area contributed by atoms with Crippen LogP contribution in [0.4, 0.5) is 5.69 Å². The van der Waals surface area contributed by atoms with Crippen LogP contribution in [0.25, 0.3) is 0 Å². The van der Waals surface area contributed by atoms with Crippen molar-refractivity contribution in [3.8, 4) is 5.75 Å². The maximum atomic E-state index is 11.1. The lowest BCUT2D eigenvalue weighted by Gasteiger charge is -2.03. The molecule has 1 aromatic carbocycles. The molecule has 0 aliphatic carbocycles. The number of anilines is 1. The van der Waals surface area contributed by atoms with Crippen molar-refractivity contribution in [1.29, 1.82) is 0 Å². The first-order valence-electron chi connectivity index (χ1n) is 3.33. The van der Waals surface area contributed by atoms with Gasteiger partial charge in [0.1, 0.15) is 5.75 Å². The number of aromatic hydroxyl groups is 1. The zero-order valence-corrected chi connectivity index (χ0v) is 7.01. The second-order valence-corrected chi connectivity index (χ2v) is 2.57. The fourth-order valence-corrected chi connectivity index (χ4v) is 1.06. The molecule has 0 aromatic heterocycles. The third-order valence-corrected chi connectivity index (χ3v) is 1.72. The van der Waals surface area contributed by atoms with E-state index in [4.69, 9.17) is 17.3 Å². The van der Waals surface area contributed by atoms with Gasteiger partial charge in [0.2, 0.25) is 0 Å². The summed E-state index contributed by atoms with van der Waals surface area (Å²) in [4.78, 5) is 11.1. The summed E-state index contributed by atoms with van der Waals surface area (Å²) in [6.45, 7) is 0. The van der Waals surface area contributed by atoms with Gasteiger partial charge in [0.05, 0.1) is 11.4 Å². The number of rotatable bonds is 2. The lowest BCUT2D eigenvalue weighted by molar-refractivity contribution is 0.101. The number of halogens is 1. The highest BCUT2D eigenvalue weighted by molar-refractivity contribution is 6.31. The summed E-state index contributed by atoms with van der Waals surface area (Å²) >= 11 is 5.31. The van der Waals surface area contributed by atoms with Crippen LogP contribution in [0.3, 0.4) is 0 Å². The summed E-state index contributed by atoms with van der Waals surface area (Å²) in [6, 6.07) is 4.51. The molecule has 0 atom stereocenters. The second-order valence-electron chi connectivity index (χ2n) is 2.30. The Morgan fingerprint density at radius 1 is 1.58 bits per heavy atom. The van der Waals surface area contributed by atoms with Crippen LogP contribution in [0.5, 0.6) is 5.75 Å². The molecule has 0 radical (unpaired) electrons. The first-order chi connectivity index (χ1) is 5.66. The first kappa shape index (κ1) is 8.87. The largest absolute Gasteiger partial charge is 0.507 e. The summed E-state index contributed by atoms with van der Waals surface area (Å²) in [6.07, 6.45) is 0. The molecular weight excluding hydrogens is 178 g/mol. The number of nitrogen functional groups attached to an aromatic ring is 1. The number of carbonyl (C=O) groups is 1. The predicted octanol–water partition coefficient (Wildman–Crippen LogP) is 1.40. The van der Waals surface area contributed by atoms with Crippen molar-refractivity contribution in [3.05, 3.63) is 23.8 Å². The van der Waals surface area contributed by atoms with Gasteiger partial charge in [-0.15, -0.1) is 11.6 Å². The van der Waals surface area contributed by atoms with Crippen LogP contribution in [0.15, 0.2) is 18.2 Å². The smallest absolute Gasteiger partial charge is 0.183 e. The Balaban J connectivity index is 3.21. The number of nitrogens with two attached hydrogens (primary N) is 1. The van der Waals surface area contributed by atoms with Crippen LogP contribution in [-0.4, -0.2) is 16.8 Å². The predicted molar refractivity (Wildman–Crippen MR) is 47.6 cm³/mol. The molecule has 0 saturated carbocycles. The van der Waals surface area contributed by atoms with E-state index < -0.39 is 0 Å². The van der Waals surface area contributed by atoms with Crippen LogP contribution in [0.2, 0.25) is 0 Å². The summed E-state index contributed by atoms with van der Waals surface area (Å²) < 4.78 is 0. The fraction of sp³-hybridized carbons (Fsp3) is 0.125. The third-order valence-electron chi connectivity index (χ3n) is 1.47. The van der Waals surface area contributed by atoms with Gasteiger partial charge < -0.3 is 10.8 Å². The van der Waals surface area contributed by atoms with Gasteiger partial charge in [-0.25, -0.2) is 0 Å². The Morgan fingerprint density at radius 3 is 2.75 bits per heavy atom. The van der Waals surface area contributed by atoms with Crippen molar-refractivity contribution >= 4 is 23.1 Å². The molecule has 0 heterocycles. The third kappa shape index (κ3) is 1.51. The number of benzene rings is 1. The molecule has 3 N–H and O–H groups in total. The number of alkyl halides is 1. The monoisotopic (exact) mass is 185 g/mol. The number of Topliss-reactive ketones (excluding diaryl/α,β-unsaturated/α-hetero) is 1. The molecule has 0 unspecified atom stereocenters. The number of hydrogen-bond acceptors (Lipinski definition) is 3. The van der Waals surface area contributed by atoms with E-state index in [0.29, 0.717) is 0 Å². The molecule has 1 rings (SSSR count). The van der Waals surface area contributed by atoms with Gasteiger partial charge >= 0.3 is 0 Å². The highest BCUT2D eigenvalue weighted by Gasteiger charge is 2.12. The number of phenolic OH excluding ortho intramolecular Hbond substituents is 1. The number of phenols is 1. The molecule has 0 amide bonds. The minimum Gasteiger partial charge on any atom is -0.507 e. The van der Waals surface area contributed by atoms with Crippen LogP contribution in [-0.2, 0) is 0 Å². The minimum atomic E-state index is -0.368. The SMILES string of the molecule is Nc1cccc(O)c1C(=O)CCl. The topological polar surface area (TPSA) is 63.3 Å². The first-order valence-corrected chi connectivity index (χ1v) is 3.87. The van der Waals surface area contributed by atoms with E-state index in [1.165, 1.54) is 6.07 Å². The van der Waals surface area contributed by atoms with E-state index in [9.17, 15) is 9.90 Å². The molecular formula is C8H8ClNO2. The van der Waals surface area contributed by atoms with Gasteiger partial charge in [0.25, 0.3) is 0 Å². The molecule has 0 saturated heterocycles. The summed E-state index contributed by atoms with van der Waals surface area (Å²) in [5.41, 5.74) is 5.81. The zero-order chi connectivity index (χ0) is 9.14. The molecule has 0 bridgehead atoms. The van der Waals surface area contributed by atoms with Crippen molar-refractivity contribution < 1.29 is 9.90 Å². The van der Waals surface area contributed by atoms with E-state index in [-0.39, 0.29) is 28.7 Å². The van der Waals surface area contributed by atoms with Crippen LogP contribution in [0.1, 0.15) is 10.4 Å².